The second kappa shape index (κ2) is 5.26. The van der Waals surface area contributed by atoms with Crippen LogP contribution in [0.2, 0.25) is 0 Å². The van der Waals surface area contributed by atoms with Crippen LogP contribution >= 0.6 is 12.9 Å². The summed E-state index contributed by atoms with van der Waals surface area (Å²) in [5.74, 6) is 0. The summed E-state index contributed by atoms with van der Waals surface area (Å²) in [5, 5.41) is 20.0. The number of hydrogen-bond donors (Lipinski definition) is 3. The van der Waals surface area contributed by atoms with Gasteiger partial charge in [0.05, 0.1) is 18.6 Å². The van der Waals surface area contributed by atoms with Crippen LogP contribution in [0.15, 0.2) is 12.7 Å². The average molecular weight is 298 g/mol. The van der Waals surface area contributed by atoms with Gasteiger partial charge in [0.1, 0.15) is 30.2 Å². The lowest BCUT2D eigenvalue weighted by Gasteiger charge is -2.16. The lowest BCUT2D eigenvalue weighted by Crippen LogP contribution is -2.33. The van der Waals surface area contributed by atoms with Crippen molar-refractivity contribution < 1.29 is 19.1 Å². The van der Waals surface area contributed by atoms with Gasteiger partial charge in [0.2, 0.25) is 0 Å². The largest absolute Gasteiger partial charge is 0.387 e. The molecule has 0 amide bonds. The Morgan fingerprint density at radius 3 is 2.90 bits per heavy atom. The summed E-state index contributed by atoms with van der Waals surface area (Å²) < 4.78 is 11.9. The lowest BCUT2D eigenvalue weighted by molar-refractivity contribution is -0.0451. The Labute approximate surface area is 120 Å². The molecule has 4 atom stereocenters. The molecular formula is C11H14N4O4S. The number of imidazole rings is 1. The van der Waals surface area contributed by atoms with E-state index in [1.807, 2.05) is 6.92 Å². The number of fused-ring (bicyclic) bond motifs is 1. The summed E-state index contributed by atoms with van der Waals surface area (Å²) >= 11 is 3.63. The van der Waals surface area contributed by atoms with E-state index >= 15 is 0 Å². The first-order valence-electron chi connectivity index (χ1n) is 6.05. The quantitative estimate of drug-likeness (QED) is 0.524. The zero-order valence-corrected chi connectivity index (χ0v) is 11.5. The van der Waals surface area contributed by atoms with Gasteiger partial charge in [-0.3, -0.25) is 4.57 Å². The van der Waals surface area contributed by atoms with Crippen LogP contribution in [-0.2, 0) is 8.92 Å². The number of ether oxygens (including phenoxy) is 1. The summed E-state index contributed by atoms with van der Waals surface area (Å²) in [6.45, 7) is 1.89. The Morgan fingerprint density at radius 1 is 1.35 bits per heavy atom. The van der Waals surface area contributed by atoms with E-state index in [1.165, 1.54) is 12.7 Å². The second-order valence-electron chi connectivity index (χ2n) is 4.63. The molecule has 1 aliphatic heterocycles. The van der Waals surface area contributed by atoms with Crippen LogP contribution in [0.4, 0.5) is 0 Å². The number of rotatable bonds is 3. The molecule has 108 valence electrons. The molecule has 0 unspecified atom stereocenters. The predicted octanol–water partition coefficient (Wildman–Crippen LogP) is -0.385. The fraction of sp³-hybridized carbons (Fsp3) is 0.545. The summed E-state index contributed by atoms with van der Waals surface area (Å²) in [5.41, 5.74) is 1.91. The second-order valence-corrected chi connectivity index (χ2v) is 4.88. The molecule has 1 fully saturated rings. The zero-order valence-electron chi connectivity index (χ0n) is 10.6. The van der Waals surface area contributed by atoms with E-state index in [1.54, 1.807) is 4.57 Å². The molecule has 0 spiro atoms. The smallest absolute Gasteiger partial charge is 0.165 e. The van der Waals surface area contributed by atoms with E-state index in [2.05, 4.69) is 32.0 Å². The van der Waals surface area contributed by atoms with Gasteiger partial charge in [-0.05, 0) is 19.8 Å². The minimum Gasteiger partial charge on any atom is -0.387 e. The maximum atomic E-state index is 10.1. The monoisotopic (exact) mass is 298 g/mol. The number of nitrogens with zero attached hydrogens (tertiary/aromatic N) is 4. The fourth-order valence-electron chi connectivity index (χ4n) is 2.33. The van der Waals surface area contributed by atoms with Crippen molar-refractivity contribution in [3.8, 4) is 0 Å². The van der Waals surface area contributed by atoms with Gasteiger partial charge < -0.3 is 19.1 Å². The number of aryl methyl sites for hydroxylation is 1. The Morgan fingerprint density at radius 2 is 2.15 bits per heavy atom. The minimum atomic E-state index is -1.10. The van der Waals surface area contributed by atoms with Crippen molar-refractivity contribution >= 4 is 24.1 Å². The van der Waals surface area contributed by atoms with Crippen molar-refractivity contribution in [3.63, 3.8) is 0 Å². The van der Waals surface area contributed by atoms with Crippen molar-refractivity contribution in [3.05, 3.63) is 18.3 Å². The molecular weight excluding hydrogens is 284 g/mol. The number of aliphatic hydroxyl groups excluding tert-OH is 2. The van der Waals surface area contributed by atoms with Gasteiger partial charge in [-0.1, -0.05) is 0 Å². The molecule has 20 heavy (non-hydrogen) atoms. The molecule has 2 N–H and O–H groups in total. The average Bonchev–Trinajstić information content (AvgIpc) is 2.97. The molecule has 0 radical (unpaired) electrons. The first-order chi connectivity index (χ1) is 9.63. The molecule has 1 saturated heterocycles. The van der Waals surface area contributed by atoms with E-state index in [9.17, 15) is 10.2 Å². The van der Waals surface area contributed by atoms with Crippen LogP contribution in [0.3, 0.4) is 0 Å². The van der Waals surface area contributed by atoms with Gasteiger partial charge >= 0.3 is 0 Å². The number of thiol groups is 1. The van der Waals surface area contributed by atoms with E-state index in [-0.39, 0.29) is 6.61 Å². The topological polar surface area (TPSA) is 103 Å². The van der Waals surface area contributed by atoms with E-state index in [0.29, 0.717) is 11.2 Å². The number of aromatic nitrogens is 4. The van der Waals surface area contributed by atoms with Crippen molar-refractivity contribution in [1.29, 1.82) is 0 Å². The van der Waals surface area contributed by atoms with E-state index in [4.69, 9.17) is 4.74 Å². The highest BCUT2D eigenvalue weighted by Gasteiger charge is 2.44. The Hall–Kier alpha value is -1.26. The first-order valence-corrected chi connectivity index (χ1v) is 6.42. The summed E-state index contributed by atoms with van der Waals surface area (Å²) in [7, 11) is 0. The lowest BCUT2D eigenvalue weighted by atomic mass is 10.1. The molecule has 8 nitrogen and oxygen atoms in total. The van der Waals surface area contributed by atoms with E-state index < -0.39 is 24.5 Å². The van der Waals surface area contributed by atoms with Gasteiger partial charge in [0.15, 0.2) is 11.9 Å². The molecule has 0 aliphatic carbocycles. The Kier molecular flexibility index (Phi) is 3.61. The summed E-state index contributed by atoms with van der Waals surface area (Å²) in [6.07, 6.45) is -0.673. The van der Waals surface area contributed by atoms with Crippen molar-refractivity contribution in [1.82, 2.24) is 19.5 Å². The summed E-state index contributed by atoms with van der Waals surface area (Å²) in [4.78, 5) is 12.4. The molecule has 0 saturated carbocycles. The molecule has 3 rings (SSSR count). The third-order valence-corrected chi connectivity index (χ3v) is 3.54. The highest BCUT2D eigenvalue weighted by atomic mass is 32.1. The number of aliphatic hydroxyl groups is 2. The van der Waals surface area contributed by atoms with Gasteiger partial charge in [0, 0.05) is 0 Å². The third-order valence-electron chi connectivity index (χ3n) is 3.39. The van der Waals surface area contributed by atoms with Gasteiger partial charge in [0.25, 0.3) is 0 Å². The van der Waals surface area contributed by atoms with E-state index in [0.717, 1.165) is 5.69 Å². The molecule has 9 heteroatoms. The normalized spacial score (nSPS) is 30.2. The third kappa shape index (κ3) is 2.07. The zero-order chi connectivity index (χ0) is 14.3. The van der Waals surface area contributed by atoms with Crippen LogP contribution < -0.4 is 0 Å². The van der Waals surface area contributed by atoms with Gasteiger partial charge in [-0.2, -0.15) is 0 Å². The molecule has 0 bridgehead atoms. The van der Waals surface area contributed by atoms with Crippen LogP contribution in [0.1, 0.15) is 11.9 Å². The molecule has 0 aromatic carbocycles. The maximum Gasteiger partial charge on any atom is 0.165 e. The molecule has 2 aromatic heterocycles. The molecule has 2 aromatic rings. The van der Waals surface area contributed by atoms with Crippen LogP contribution in [0, 0.1) is 6.92 Å². The van der Waals surface area contributed by atoms with Gasteiger partial charge in [-0.15, -0.1) is 0 Å². The summed E-state index contributed by atoms with van der Waals surface area (Å²) in [6, 6.07) is 0. The van der Waals surface area contributed by atoms with Gasteiger partial charge in [-0.25, -0.2) is 15.0 Å². The SMILES string of the molecule is Cc1ncnc2c1ncn2[C@@H]1O[C@H](COS)[C@@H](O)[C@H]1O. The van der Waals surface area contributed by atoms with Crippen LogP contribution in [0.5, 0.6) is 0 Å². The Balaban J connectivity index is 1.97. The standard InChI is InChI=1S/C11H14N4O4S/c1-5-7-10(13-3-12-5)15(4-14-7)11-9(17)8(16)6(19-11)2-18-20/h3-4,6,8-9,11,16-17,20H,2H2,1H3/t6-,8-,9-,11-/m1/s1. The van der Waals surface area contributed by atoms with Crippen molar-refractivity contribution in [2.45, 2.75) is 31.5 Å². The molecule has 1 aliphatic rings. The maximum absolute atomic E-state index is 10.1. The fourth-order valence-corrected chi connectivity index (χ4v) is 2.47. The van der Waals surface area contributed by atoms with Crippen LogP contribution in [0.25, 0.3) is 11.2 Å². The highest BCUT2D eigenvalue weighted by molar-refractivity contribution is 7.75. The van der Waals surface area contributed by atoms with Crippen LogP contribution in [-0.4, -0.2) is 54.7 Å². The highest BCUT2D eigenvalue weighted by Crippen LogP contribution is 2.31. The first kappa shape index (κ1) is 13.7. The molecule has 3 heterocycles. The van der Waals surface area contributed by atoms with Crippen molar-refractivity contribution in [2.24, 2.45) is 0 Å². The predicted molar refractivity (Wildman–Crippen MR) is 70.9 cm³/mol. The number of hydrogen-bond acceptors (Lipinski definition) is 8. The Bertz CT molecular complexity index is 621. The minimum absolute atomic E-state index is 0.0679. The van der Waals surface area contributed by atoms with Crippen molar-refractivity contribution in [2.75, 3.05) is 6.61 Å².